The first-order valence-electron chi connectivity index (χ1n) is 39.1. The number of phenolic OH excluding ortho intramolecular Hbond substituents is 4. The number of phenols is 4. The second-order valence-electron chi connectivity index (χ2n) is 29.9. The van der Waals surface area contributed by atoms with Gasteiger partial charge < -0.3 is 155 Å². The molecule has 2 saturated heterocycles. The standard InChI is InChI=1S/C36H36Cl2N9O20P3.C36H35Cl2N8O21P3/c1-61-19-8-16-27(21(37)24(19)48)64-28-17(9-20(62-2)25(49)22(28)38)36(16)15-7-13(3-4-14(15)34(52)66-36)33(51)40-5-6-41-35(53)65-29-18(10-63-70(59,60)67-69(57,58)46-68(54,55)56)45-32(26(29)50)47-12-44-23-30(39)42-11-43-31(23)47;1-60-18-8-16-27(21(37)24(18)47)64-28-17(9-19(61-2)25(48)22(28)38)36(16)15-7-13(3-4-14(15)34(51)66-36)32(50)40-5-6-41-35(52)65-29-26(49)20(10-62-70(58,59)67-69(56,57)45-68(53,54)55)63-33(29)46-12-44-23-30(39)42-11-43-31(23)46/h3-4,7-9,11-12,18,26,29,32,45,48-50H,5-6,10H2,1-2H3,(H,40,51)(H,41,53)(H,59,60)(H2,39,42,43)(H4,46,54,55,56,57,58);3-4,7-9,11-12,20,26,29,33,47-49H,5-6,10H2,1-2H3,(H,40,50)(H,41,52)(H,58,59)(H2,39,42,43)(H4,45,53,54,55,56,57)/t18-,26-,29+,32-;20-,26+,29-,33+/m11/s1. The van der Waals surface area contributed by atoms with Gasteiger partial charge in [-0.25, -0.2) is 76.5 Å². The van der Waals surface area contributed by atoms with Gasteiger partial charge in [-0.15, -0.1) is 9.72 Å². The lowest BCUT2D eigenvalue weighted by atomic mass is 9.77. The van der Waals surface area contributed by atoms with E-state index < -0.39 is 179 Å². The number of rotatable bonds is 30. The number of esters is 2. The van der Waals surface area contributed by atoms with Crippen LogP contribution in [0.2, 0.25) is 20.1 Å². The Bertz CT molecular complexity index is 6980. The fourth-order valence-electron chi connectivity index (χ4n) is 15.5. The third-order valence-corrected chi connectivity index (χ3v) is 31.3. The van der Waals surface area contributed by atoms with Gasteiger partial charge in [0.15, 0.2) is 122 Å². The number of amides is 4. The van der Waals surface area contributed by atoms with Crippen molar-refractivity contribution in [3.63, 3.8) is 0 Å². The summed E-state index contributed by atoms with van der Waals surface area (Å²) in [5.41, 5.74) is 8.16. The molecule has 0 aliphatic carbocycles. The normalized spacial score (nSPS) is 20.6. The molecule has 12 atom stereocenters. The molecule has 10 heterocycles. The minimum atomic E-state index is -5.66. The van der Waals surface area contributed by atoms with Crippen LogP contribution in [-0.4, -0.2) is 249 Å². The summed E-state index contributed by atoms with van der Waals surface area (Å²) in [6.07, 6.45) is -9.48. The Hall–Kier alpha value is -11.7. The van der Waals surface area contributed by atoms with Gasteiger partial charge in [-0.3, -0.25) is 33.1 Å². The maximum atomic E-state index is 13.7. The average molecular weight is 2160 g/mol. The monoisotopic (exact) mass is 2160 g/mol. The Labute approximate surface area is 800 Å². The van der Waals surface area contributed by atoms with Gasteiger partial charge in [0.25, 0.3) is 11.8 Å². The number of anilines is 2. The van der Waals surface area contributed by atoms with Crippen LogP contribution in [0.25, 0.3) is 22.3 Å². The van der Waals surface area contributed by atoms with Crippen LogP contribution in [-0.2, 0) is 79.9 Å². The number of aromatic hydroxyl groups is 4. The molecule has 6 aliphatic rings. The molecule has 68 heteroatoms. The van der Waals surface area contributed by atoms with E-state index in [1.165, 1.54) is 100.0 Å². The minimum Gasteiger partial charge on any atom is -0.503 e. The third-order valence-electron chi connectivity index (χ3n) is 21.4. The van der Waals surface area contributed by atoms with Crippen LogP contribution < -0.4 is 76.2 Å². The zero-order valence-electron chi connectivity index (χ0n) is 70.7. The number of imidazole rings is 2. The number of nitrogens with two attached hydrogens (primary N) is 2. The van der Waals surface area contributed by atoms with Gasteiger partial charge in [-0.1, -0.05) is 46.4 Å². The number of aliphatic hydroxyl groups excluding tert-OH is 2. The second-order valence-corrected chi connectivity index (χ2v) is 41.0. The van der Waals surface area contributed by atoms with Gasteiger partial charge in [0.1, 0.15) is 68.3 Å². The number of methoxy groups -OCH3 is 4. The quantitative estimate of drug-likeness (QED) is 0.0128. The van der Waals surface area contributed by atoms with Gasteiger partial charge >= 0.3 is 70.8 Å². The predicted octanol–water partition coefficient (Wildman–Crippen LogP) is 4.40. The highest BCUT2D eigenvalue weighted by molar-refractivity contribution is 7.71. The summed E-state index contributed by atoms with van der Waals surface area (Å²) in [6, 6.07) is 11.7. The molecule has 4 unspecified atom stereocenters. The van der Waals surface area contributed by atoms with E-state index in [-0.39, 0.29) is 182 Å². The van der Waals surface area contributed by atoms with Gasteiger partial charge in [-0.05, 0) is 60.7 Å². The molecular weight excluding hydrogens is 2090 g/mol. The molecule has 58 nitrogen and oxygen atoms in total. The fourth-order valence-corrected chi connectivity index (χ4v) is 23.3. The van der Waals surface area contributed by atoms with Gasteiger partial charge in [0.05, 0.1) is 93.7 Å². The molecule has 2 spiro atoms. The Morgan fingerprint density at radius 2 is 0.850 bits per heavy atom. The molecule has 6 aromatic carbocycles. The summed E-state index contributed by atoms with van der Waals surface area (Å²) in [4.78, 5) is 182. The summed E-state index contributed by atoms with van der Waals surface area (Å²) < 4.78 is 154. The van der Waals surface area contributed by atoms with Crippen LogP contribution in [0, 0.1) is 0 Å². The molecule has 0 radical (unpaired) electrons. The number of carbonyl (C=O) groups is 6. The number of alkyl carbamates (subject to hydrolysis) is 2. The van der Waals surface area contributed by atoms with E-state index in [0.717, 1.165) is 33.3 Å². The smallest absolute Gasteiger partial charge is 0.480 e. The maximum Gasteiger partial charge on any atom is 0.480 e. The van der Waals surface area contributed by atoms with E-state index in [4.69, 9.17) is 134 Å². The number of carbonyl (C=O) groups excluding carboxylic acids is 6. The van der Waals surface area contributed by atoms with Crippen molar-refractivity contribution in [2.24, 2.45) is 0 Å². The number of nitrogens with one attached hydrogen (secondary N) is 7. The third kappa shape index (κ3) is 19.8. The molecule has 10 aromatic rings. The lowest BCUT2D eigenvalue weighted by Gasteiger charge is -2.37. The number of ether oxygens (including phenoxy) is 11. The molecule has 4 aromatic heterocycles. The van der Waals surface area contributed by atoms with Crippen molar-refractivity contribution in [1.29, 1.82) is 0 Å². The Balaban J connectivity index is 0.000000212. The van der Waals surface area contributed by atoms with Gasteiger partial charge in [0.2, 0.25) is 0 Å². The molecule has 4 amide bonds. The summed E-state index contributed by atoms with van der Waals surface area (Å²) in [5, 5.41) is 77.2. The van der Waals surface area contributed by atoms with Crippen molar-refractivity contribution in [3.8, 4) is 69.0 Å². The lowest BCUT2D eigenvalue weighted by Crippen LogP contribution is -2.43. The molecular formula is C72H71Cl4N17O41P6. The molecule has 748 valence electrons. The summed E-state index contributed by atoms with van der Waals surface area (Å²) in [7, 11) is -28.5. The van der Waals surface area contributed by atoms with Crippen molar-refractivity contribution in [1.82, 2.24) is 75.3 Å². The topological polar surface area (TPSA) is 850 Å². The Morgan fingerprint density at radius 3 is 1.24 bits per heavy atom. The van der Waals surface area contributed by atoms with Crippen LogP contribution in [0.4, 0.5) is 21.2 Å². The molecule has 16 rings (SSSR count). The van der Waals surface area contributed by atoms with Crippen molar-refractivity contribution in [3.05, 3.63) is 162 Å². The highest BCUT2D eigenvalue weighted by atomic mass is 35.5. The van der Waals surface area contributed by atoms with Crippen LogP contribution in [0.5, 0.6) is 69.0 Å². The number of nitrogen functional groups attached to an aromatic ring is 2. The molecule has 0 saturated carbocycles. The Morgan fingerprint density at radius 1 is 0.486 bits per heavy atom. The number of phosphoric acid groups is 2. The summed E-state index contributed by atoms with van der Waals surface area (Å²) in [6.45, 7) is -3.34. The molecule has 25 N–H and O–H groups in total. The zero-order chi connectivity index (χ0) is 102. The number of aromatic nitrogens is 8. The number of hydrogen-bond donors (Lipinski definition) is 23. The summed E-state index contributed by atoms with van der Waals surface area (Å²) in [5.74, 6) is -6.97. The van der Waals surface area contributed by atoms with E-state index in [2.05, 4.69) is 69.6 Å². The highest BCUT2D eigenvalue weighted by Crippen LogP contribution is 2.68. The molecule has 0 bridgehead atoms. The van der Waals surface area contributed by atoms with Crippen molar-refractivity contribution in [2.75, 3.05) is 79.3 Å². The van der Waals surface area contributed by atoms with Gasteiger partial charge in [-0.2, -0.15) is 8.62 Å². The average Bonchev–Trinajstić information content (AvgIpc) is 1.47. The van der Waals surface area contributed by atoms with Gasteiger partial charge in [0, 0.05) is 48.4 Å². The number of fused-ring (bicyclic) bond motifs is 14. The first-order chi connectivity index (χ1) is 65.8. The Kier molecular flexibility index (Phi) is 28.5. The molecule has 2 fully saturated rings. The van der Waals surface area contributed by atoms with Crippen LogP contribution in [0.3, 0.4) is 0 Å². The molecule has 6 aliphatic heterocycles. The van der Waals surface area contributed by atoms with Crippen molar-refractivity contribution < 1.29 is 196 Å². The van der Waals surface area contributed by atoms with E-state index >= 15 is 0 Å². The van der Waals surface area contributed by atoms with Crippen molar-refractivity contribution >= 4 is 163 Å². The highest BCUT2D eigenvalue weighted by Gasteiger charge is 2.60. The maximum absolute atomic E-state index is 13.7. The summed E-state index contributed by atoms with van der Waals surface area (Å²) >= 11 is 26.3. The van der Waals surface area contributed by atoms with Crippen molar-refractivity contribution in [2.45, 2.75) is 60.2 Å². The molecule has 140 heavy (non-hydrogen) atoms. The first kappa shape index (κ1) is 103. The number of nitrogens with zero attached hydrogens (tertiary/aromatic N) is 8. The fraction of sp³-hybridized carbons (Fsp3) is 0.278. The van der Waals surface area contributed by atoms with Crippen LogP contribution >= 0.6 is 93.0 Å². The number of benzene rings is 6. The number of halogens is 4. The van der Waals surface area contributed by atoms with E-state index in [0.29, 0.717) is 0 Å². The number of phosphoric ester groups is 2. The van der Waals surface area contributed by atoms with Crippen LogP contribution in [0.15, 0.2) is 86.0 Å². The van der Waals surface area contributed by atoms with E-state index in [1.54, 1.807) is 0 Å². The minimum absolute atomic E-state index is 0.00756. The zero-order valence-corrected chi connectivity index (χ0v) is 79.0. The number of hydrogen-bond acceptors (Lipinski definition) is 42. The number of aliphatic hydroxyl groups is 2. The predicted molar refractivity (Wildman–Crippen MR) is 469 cm³/mol. The van der Waals surface area contributed by atoms with Crippen LogP contribution in [0.1, 0.15) is 87.2 Å². The second kappa shape index (κ2) is 38.9. The van der Waals surface area contributed by atoms with E-state index in [9.17, 15) is 106 Å². The SMILES string of the molecule is COc1cc2c(c(Cl)c1O)Oc1c(cc(OC)c(O)c1Cl)C21OC(=O)c2ccc(C(=O)NCCNC(=O)O[C@@H]3[C@@H](O)[C@@H](COP(=O)(O)OP(=O)(O)NP(=O)(O)O)O[C@@H]3n3cnc4c(N)ncnc43)cc21.COc1cc2c(c(Cl)c1O)Oc1c(cc(OC)c(O)c1Cl)C21OC(=O)c2ccc(C(=O)NCCNC(=O)O[C@@H]3[C@@H](O)[C@@H](n4cnc5c(N)ncnc54)N[C@@H]3COP(=O)(O)OP(=O)(O)NP(=O)(O)O)cc21. The first-order valence-corrected chi connectivity index (χ1v) is 50.0. The van der Waals surface area contributed by atoms with E-state index in [1.807, 2.05) is 0 Å². The lowest BCUT2D eigenvalue weighted by molar-refractivity contribution is -0.0521. The largest absolute Gasteiger partial charge is 0.503 e.